The van der Waals surface area contributed by atoms with Crippen LogP contribution in [0.15, 0.2) is 0 Å². The Hall–Kier alpha value is -2.19. The van der Waals surface area contributed by atoms with E-state index < -0.39 is 94.2 Å². The van der Waals surface area contributed by atoms with Gasteiger partial charge in [-0.15, -0.1) is 0 Å². The van der Waals surface area contributed by atoms with Crippen LogP contribution in [0.2, 0.25) is 0 Å². The smallest absolute Gasteiger partial charge is 0.309 e. The van der Waals surface area contributed by atoms with E-state index in [1.165, 1.54) is 20.8 Å². The van der Waals surface area contributed by atoms with E-state index in [-0.39, 0.29) is 13.2 Å². The summed E-state index contributed by atoms with van der Waals surface area (Å²) in [7, 11) is 0. The Bertz CT molecular complexity index is 985. The highest BCUT2D eigenvalue weighted by molar-refractivity contribution is 5.68. The zero-order valence-electron chi connectivity index (χ0n) is 39.9. The highest BCUT2D eigenvalue weighted by Crippen LogP contribution is 2.27. The second-order valence-electron chi connectivity index (χ2n) is 19.8. The summed E-state index contributed by atoms with van der Waals surface area (Å²) in [6.45, 7) is 35.6. The molecule has 60 heavy (non-hydrogen) atoms. The van der Waals surface area contributed by atoms with Crippen molar-refractivity contribution < 1.29 is 104 Å². The summed E-state index contributed by atoms with van der Waals surface area (Å²) in [5.74, 6) is -7.75. The molecule has 0 fully saturated rings. The molecular formula is C39H80O21. The first-order chi connectivity index (χ1) is 26.3. The van der Waals surface area contributed by atoms with E-state index in [4.69, 9.17) is 89.3 Å². The monoisotopic (exact) mass is 885 g/mol. The number of aliphatic carboxylic acids is 3. The van der Waals surface area contributed by atoms with Gasteiger partial charge in [0.05, 0.1) is 46.8 Å². The highest BCUT2D eigenvalue weighted by Gasteiger charge is 2.38. The van der Waals surface area contributed by atoms with Crippen molar-refractivity contribution in [2.75, 3.05) is 13.2 Å². The lowest BCUT2D eigenvalue weighted by molar-refractivity contribution is -0.535. The third-order valence-corrected chi connectivity index (χ3v) is 4.65. The third-order valence-electron chi connectivity index (χ3n) is 4.65. The third kappa shape index (κ3) is 48.5. The standard InChI is InChI=1S/3C12H24O6.C3H8O3/c3*1-10(2,3)15-17-12(7,8-9(13)14)18-16-11(4,5)6;4-1-3(6)2-5/h3*8H2,1-7H3,(H,13,14);3-6H,1-2H2. The van der Waals surface area contributed by atoms with Crippen LogP contribution < -0.4 is 0 Å². The molecule has 0 spiro atoms. The largest absolute Gasteiger partial charge is 0.481 e. The Morgan fingerprint density at radius 1 is 0.333 bits per heavy atom. The summed E-state index contributed by atoms with van der Waals surface area (Å²) in [5, 5.41) is 50.5. The van der Waals surface area contributed by atoms with Crippen molar-refractivity contribution in [1.82, 2.24) is 0 Å². The molecular weight excluding hydrogens is 804 g/mol. The quantitative estimate of drug-likeness (QED) is 0.0441. The van der Waals surface area contributed by atoms with Crippen molar-refractivity contribution in [2.45, 2.75) is 222 Å². The molecule has 0 atom stereocenters. The van der Waals surface area contributed by atoms with Crippen molar-refractivity contribution in [1.29, 1.82) is 0 Å². The van der Waals surface area contributed by atoms with Crippen molar-refractivity contribution in [3.05, 3.63) is 0 Å². The summed E-state index contributed by atoms with van der Waals surface area (Å²) in [5.41, 5.74) is -3.47. The molecule has 0 aliphatic heterocycles. The Kier molecular flexibility index (Phi) is 29.1. The molecule has 0 aliphatic rings. The van der Waals surface area contributed by atoms with Gasteiger partial charge in [0.25, 0.3) is 0 Å². The molecule has 0 heterocycles. The number of carboxylic acids is 3. The Morgan fingerprint density at radius 3 is 0.533 bits per heavy atom. The van der Waals surface area contributed by atoms with Crippen molar-refractivity contribution >= 4 is 17.9 Å². The van der Waals surface area contributed by atoms with E-state index in [9.17, 15) is 14.4 Å². The van der Waals surface area contributed by atoms with Gasteiger partial charge in [-0.1, -0.05) is 0 Å². The molecule has 6 N–H and O–H groups in total. The number of carboxylic acid groups (broad SMARTS) is 3. The summed E-state index contributed by atoms with van der Waals surface area (Å²) >= 11 is 0. The average molecular weight is 885 g/mol. The first-order valence-electron chi connectivity index (χ1n) is 19.1. The number of rotatable bonds is 20. The minimum absolute atomic E-state index is 0.365. The van der Waals surface area contributed by atoms with Gasteiger partial charge in [-0.3, -0.25) is 14.4 Å². The normalized spacial score (nSPS) is 13.3. The maximum atomic E-state index is 10.8. The first-order valence-corrected chi connectivity index (χ1v) is 19.1. The van der Waals surface area contributed by atoms with Gasteiger partial charge in [0.1, 0.15) is 25.4 Å². The predicted octanol–water partition coefficient (Wildman–Crippen LogP) is 6.34. The Morgan fingerprint density at radius 2 is 0.467 bits per heavy atom. The number of aliphatic hydroxyl groups is 3. The van der Waals surface area contributed by atoms with Crippen LogP contribution in [-0.2, 0) is 73.0 Å². The van der Waals surface area contributed by atoms with Crippen molar-refractivity contribution in [3.63, 3.8) is 0 Å². The van der Waals surface area contributed by atoms with Crippen molar-refractivity contribution in [2.24, 2.45) is 0 Å². The van der Waals surface area contributed by atoms with Gasteiger partial charge in [-0.25, -0.2) is 29.3 Å². The molecule has 0 saturated heterocycles. The van der Waals surface area contributed by atoms with Crippen LogP contribution in [0.5, 0.6) is 0 Å². The van der Waals surface area contributed by atoms with Crippen LogP contribution in [-0.4, -0.2) is 119 Å². The topological polar surface area (TPSA) is 283 Å². The van der Waals surface area contributed by atoms with E-state index in [0.29, 0.717) is 0 Å². The fraction of sp³-hybridized carbons (Fsp3) is 0.923. The minimum Gasteiger partial charge on any atom is -0.481 e. The molecule has 0 radical (unpaired) electrons. The average Bonchev–Trinajstić information content (AvgIpc) is 3.01. The molecule has 21 nitrogen and oxygen atoms in total. The van der Waals surface area contributed by atoms with Crippen molar-refractivity contribution in [3.8, 4) is 0 Å². The van der Waals surface area contributed by atoms with Gasteiger partial charge in [0.15, 0.2) is 0 Å². The number of hydrogen-bond acceptors (Lipinski definition) is 18. The molecule has 0 aromatic heterocycles. The van der Waals surface area contributed by atoms with Crippen LogP contribution in [0.25, 0.3) is 0 Å². The molecule has 0 rings (SSSR count). The number of aliphatic hydroxyl groups excluding tert-OH is 3. The lowest BCUT2D eigenvalue weighted by atomic mass is 10.2. The van der Waals surface area contributed by atoms with Crippen LogP contribution in [0.3, 0.4) is 0 Å². The lowest BCUT2D eigenvalue weighted by Gasteiger charge is -2.31. The van der Waals surface area contributed by atoms with Gasteiger partial charge in [0, 0.05) is 0 Å². The minimum atomic E-state index is -1.51. The molecule has 362 valence electrons. The fourth-order valence-electron chi connectivity index (χ4n) is 2.38. The summed E-state index contributed by atoms with van der Waals surface area (Å²) in [6, 6.07) is 0. The SMILES string of the molecule is CC(C)(C)OOC(C)(CC(=O)O)OOC(C)(C)C.CC(C)(C)OOC(C)(CC(=O)O)OOC(C)(C)C.CC(C)(C)OOC(C)(CC(=O)O)OOC(C)(C)C.OCC(O)CO. The van der Waals surface area contributed by atoms with E-state index in [1.807, 2.05) is 0 Å². The van der Waals surface area contributed by atoms with E-state index in [2.05, 4.69) is 0 Å². The van der Waals surface area contributed by atoms with Crippen LogP contribution in [0.1, 0.15) is 165 Å². The summed E-state index contributed by atoms with van der Waals surface area (Å²) < 4.78 is 0. The molecule has 0 aromatic rings. The van der Waals surface area contributed by atoms with Crippen LogP contribution in [0.4, 0.5) is 0 Å². The molecule has 0 aliphatic carbocycles. The number of carbonyl (C=O) groups is 3. The molecule has 0 saturated carbocycles. The first kappa shape index (κ1) is 64.4. The van der Waals surface area contributed by atoms with E-state index in [1.54, 1.807) is 125 Å². The van der Waals surface area contributed by atoms with Gasteiger partial charge in [-0.05, 0) is 145 Å². The zero-order chi connectivity index (χ0) is 48.8. The highest BCUT2D eigenvalue weighted by atomic mass is 17.3. The Balaban J connectivity index is -0.000000366. The lowest BCUT2D eigenvalue weighted by Crippen LogP contribution is -2.40. The maximum absolute atomic E-state index is 10.8. The van der Waals surface area contributed by atoms with E-state index in [0.717, 1.165) is 0 Å². The molecule has 0 unspecified atom stereocenters. The van der Waals surface area contributed by atoms with Gasteiger partial charge >= 0.3 is 17.9 Å². The molecule has 0 bridgehead atoms. The summed E-state index contributed by atoms with van der Waals surface area (Å²) in [4.78, 5) is 93.4. The molecule has 21 heteroatoms. The Labute approximate surface area is 356 Å². The predicted molar refractivity (Wildman–Crippen MR) is 214 cm³/mol. The second kappa shape index (κ2) is 27.1. The van der Waals surface area contributed by atoms with Crippen LogP contribution in [0, 0.1) is 0 Å². The van der Waals surface area contributed by atoms with Crippen LogP contribution >= 0.6 is 0 Å². The van der Waals surface area contributed by atoms with Gasteiger partial charge in [-0.2, -0.15) is 29.3 Å². The zero-order valence-corrected chi connectivity index (χ0v) is 39.9. The molecule has 0 aromatic carbocycles. The number of hydrogen-bond donors (Lipinski definition) is 6. The maximum Gasteiger partial charge on any atom is 0.309 e. The summed E-state index contributed by atoms with van der Waals surface area (Å²) in [6.07, 6.45) is -2.16. The van der Waals surface area contributed by atoms with Gasteiger partial charge < -0.3 is 30.6 Å². The van der Waals surface area contributed by atoms with E-state index >= 15 is 0 Å². The second-order valence-corrected chi connectivity index (χ2v) is 19.8. The van der Waals surface area contributed by atoms with Gasteiger partial charge in [0.2, 0.25) is 17.4 Å². The fourth-order valence-corrected chi connectivity index (χ4v) is 2.38. The molecule has 0 amide bonds.